The quantitative estimate of drug-likeness (QED) is 0.646. The first kappa shape index (κ1) is 16.5. The molecule has 0 N–H and O–H groups in total. The Labute approximate surface area is 145 Å². The van der Waals surface area contributed by atoms with Crippen LogP contribution in [-0.4, -0.2) is 22.9 Å². The van der Waals surface area contributed by atoms with E-state index >= 15 is 0 Å². The number of ether oxygens (including phenoxy) is 1. The van der Waals surface area contributed by atoms with Crippen LogP contribution in [0.3, 0.4) is 0 Å². The van der Waals surface area contributed by atoms with Crippen LogP contribution < -0.4 is 4.74 Å². The van der Waals surface area contributed by atoms with Crippen LogP contribution in [0.2, 0.25) is 0 Å². The van der Waals surface area contributed by atoms with Gasteiger partial charge in [-0.3, -0.25) is 9.36 Å². The van der Waals surface area contributed by atoms with Crippen LogP contribution in [0.1, 0.15) is 36.8 Å². The average Bonchev–Trinajstić information content (AvgIpc) is 3.21. The number of benzene rings is 1. The topological polar surface area (TPSA) is 44.1 Å². The predicted molar refractivity (Wildman–Crippen MR) is 97.5 cm³/mol. The third-order valence-electron chi connectivity index (χ3n) is 3.94. The first-order valence-electron chi connectivity index (χ1n) is 7.71. The molecule has 0 unspecified atom stereocenters. The zero-order valence-electron chi connectivity index (χ0n) is 14.2. The van der Waals surface area contributed by atoms with Crippen molar-refractivity contribution in [2.75, 3.05) is 7.11 Å². The molecule has 0 aliphatic rings. The summed E-state index contributed by atoms with van der Waals surface area (Å²) in [5, 5.41) is 2.76. The molecule has 0 saturated carbocycles. The molecule has 0 bridgehead atoms. The lowest BCUT2D eigenvalue weighted by Crippen LogP contribution is -2.11. The number of thiazole rings is 1. The number of carbonyl (C=O) groups is 1. The Balaban J connectivity index is 2.08. The largest absolute Gasteiger partial charge is 0.496 e. The summed E-state index contributed by atoms with van der Waals surface area (Å²) in [7, 11) is 1.67. The molecule has 3 rings (SSSR count). The van der Waals surface area contributed by atoms with Gasteiger partial charge in [-0.05, 0) is 35.2 Å². The van der Waals surface area contributed by atoms with E-state index in [1.54, 1.807) is 17.7 Å². The number of rotatable bonds is 4. The van der Waals surface area contributed by atoms with Crippen molar-refractivity contribution in [3.8, 4) is 22.1 Å². The molecule has 0 aliphatic carbocycles. The summed E-state index contributed by atoms with van der Waals surface area (Å²) in [5.74, 6) is 0.794. The lowest BCUT2D eigenvalue weighted by molar-refractivity contribution is 0.111. The fourth-order valence-corrected chi connectivity index (χ4v) is 3.37. The molecule has 0 atom stereocenters. The van der Waals surface area contributed by atoms with Gasteiger partial charge >= 0.3 is 0 Å². The van der Waals surface area contributed by atoms with Crippen molar-refractivity contribution in [3.05, 3.63) is 53.2 Å². The number of nitrogens with zero attached hydrogens (tertiary/aromatic N) is 2. The van der Waals surface area contributed by atoms with Crippen LogP contribution in [-0.2, 0) is 5.41 Å². The summed E-state index contributed by atoms with van der Waals surface area (Å²) < 4.78 is 7.31. The molecule has 124 valence electrons. The van der Waals surface area contributed by atoms with Crippen molar-refractivity contribution in [2.45, 2.75) is 26.2 Å². The van der Waals surface area contributed by atoms with Gasteiger partial charge in [0.2, 0.25) is 0 Å². The Hall–Kier alpha value is -2.40. The second-order valence-electron chi connectivity index (χ2n) is 6.60. The summed E-state index contributed by atoms with van der Waals surface area (Å²) in [6.45, 7) is 6.55. The second-order valence-corrected chi connectivity index (χ2v) is 7.44. The average molecular weight is 340 g/mol. The lowest BCUT2D eigenvalue weighted by atomic mass is 9.86. The molecule has 2 heterocycles. The van der Waals surface area contributed by atoms with Gasteiger partial charge in [0.15, 0.2) is 11.4 Å². The standard InChI is InChI=1S/C19H20N2O2S/c1-19(2,3)13-7-8-17(23-4)15(10-13)16-12-24-18(20-16)21-9-5-6-14(21)11-22/h5-12H,1-4H3. The van der Waals surface area contributed by atoms with Crippen LogP contribution >= 0.6 is 11.3 Å². The number of hydrogen-bond donors (Lipinski definition) is 0. The fraction of sp³-hybridized carbons (Fsp3) is 0.263. The van der Waals surface area contributed by atoms with E-state index in [1.165, 1.54) is 16.9 Å². The summed E-state index contributed by atoms with van der Waals surface area (Å²) in [4.78, 5) is 15.8. The third-order valence-corrected chi connectivity index (χ3v) is 4.78. The van der Waals surface area contributed by atoms with Crippen molar-refractivity contribution in [2.24, 2.45) is 0 Å². The van der Waals surface area contributed by atoms with E-state index in [-0.39, 0.29) is 5.41 Å². The number of methoxy groups -OCH3 is 1. The van der Waals surface area contributed by atoms with Crippen LogP contribution in [0.4, 0.5) is 0 Å². The fourth-order valence-electron chi connectivity index (χ4n) is 2.54. The molecular formula is C19H20N2O2S. The predicted octanol–water partition coefficient (Wildman–Crippen LogP) is 4.72. The van der Waals surface area contributed by atoms with E-state index in [9.17, 15) is 4.79 Å². The van der Waals surface area contributed by atoms with Crippen molar-refractivity contribution in [1.29, 1.82) is 0 Å². The molecule has 4 nitrogen and oxygen atoms in total. The molecule has 1 aromatic carbocycles. The van der Waals surface area contributed by atoms with Crippen LogP contribution in [0.25, 0.3) is 16.4 Å². The molecule has 3 aromatic rings. The lowest BCUT2D eigenvalue weighted by Gasteiger charge is -2.20. The number of aromatic nitrogens is 2. The Bertz CT molecular complexity index is 872. The smallest absolute Gasteiger partial charge is 0.194 e. The van der Waals surface area contributed by atoms with Crippen molar-refractivity contribution >= 4 is 17.6 Å². The molecule has 0 aliphatic heterocycles. The normalized spacial score (nSPS) is 11.5. The van der Waals surface area contributed by atoms with E-state index in [1.807, 2.05) is 23.7 Å². The summed E-state index contributed by atoms with van der Waals surface area (Å²) in [6.07, 6.45) is 2.68. The SMILES string of the molecule is COc1ccc(C(C)(C)C)cc1-c1csc(-n2cccc2C=O)n1. The highest BCUT2D eigenvalue weighted by Gasteiger charge is 2.18. The maximum absolute atomic E-state index is 11.1. The molecule has 0 amide bonds. The highest BCUT2D eigenvalue weighted by molar-refractivity contribution is 7.12. The van der Waals surface area contributed by atoms with Crippen LogP contribution in [0, 0.1) is 0 Å². The second kappa shape index (κ2) is 6.24. The van der Waals surface area contributed by atoms with Gasteiger partial charge in [0.1, 0.15) is 5.75 Å². The van der Waals surface area contributed by atoms with E-state index in [4.69, 9.17) is 9.72 Å². The van der Waals surface area contributed by atoms with Crippen molar-refractivity contribution in [1.82, 2.24) is 9.55 Å². The van der Waals surface area contributed by atoms with Crippen LogP contribution in [0.5, 0.6) is 5.75 Å². The van der Waals surface area contributed by atoms with Gasteiger partial charge in [-0.2, -0.15) is 0 Å². The highest BCUT2D eigenvalue weighted by Crippen LogP contribution is 2.35. The van der Waals surface area contributed by atoms with Gasteiger partial charge in [0.25, 0.3) is 0 Å². The van der Waals surface area contributed by atoms with E-state index < -0.39 is 0 Å². The first-order valence-corrected chi connectivity index (χ1v) is 8.59. The Morgan fingerprint density at radius 1 is 1.25 bits per heavy atom. The molecule has 5 heteroatoms. The molecule has 0 spiro atoms. The maximum atomic E-state index is 11.1. The molecule has 24 heavy (non-hydrogen) atoms. The van der Waals surface area contributed by atoms with Gasteiger partial charge in [0.05, 0.1) is 18.5 Å². The van der Waals surface area contributed by atoms with E-state index in [0.717, 1.165) is 28.4 Å². The zero-order valence-corrected chi connectivity index (χ0v) is 15.1. The molecule has 0 fully saturated rings. The third kappa shape index (κ3) is 2.99. The maximum Gasteiger partial charge on any atom is 0.194 e. The Kier molecular flexibility index (Phi) is 4.28. The summed E-state index contributed by atoms with van der Waals surface area (Å²) >= 11 is 1.50. The summed E-state index contributed by atoms with van der Waals surface area (Å²) in [6, 6.07) is 9.82. The number of hydrogen-bond acceptors (Lipinski definition) is 4. The monoisotopic (exact) mass is 340 g/mol. The summed E-state index contributed by atoms with van der Waals surface area (Å²) in [5.41, 5.74) is 3.68. The van der Waals surface area contributed by atoms with Gasteiger partial charge in [-0.25, -0.2) is 4.98 Å². The van der Waals surface area contributed by atoms with Crippen molar-refractivity contribution in [3.63, 3.8) is 0 Å². The molecule has 2 aromatic heterocycles. The number of carbonyl (C=O) groups excluding carboxylic acids is 1. The minimum atomic E-state index is 0.0466. The zero-order chi connectivity index (χ0) is 17.3. The highest BCUT2D eigenvalue weighted by atomic mass is 32.1. The molecule has 0 radical (unpaired) electrons. The Morgan fingerprint density at radius 3 is 2.71 bits per heavy atom. The van der Waals surface area contributed by atoms with E-state index in [0.29, 0.717) is 5.69 Å². The van der Waals surface area contributed by atoms with Gasteiger partial charge < -0.3 is 4.74 Å². The van der Waals surface area contributed by atoms with Gasteiger partial charge in [0, 0.05) is 17.1 Å². The minimum absolute atomic E-state index is 0.0466. The van der Waals surface area contributed by atoms with Gasteiger partial charge in [-0.15, -0.1) is 11.3 Å². The minimum Gasteiger partial charge on any atom is -0.496 e. The number of aldehydes is 1. The van der Waals surface area contributed by atoms with Gasteiger partial charge in [-0.1, -0.05) is 26.8 Å². The van der Waals surface area contributed by atoms with E-state index in [2.05, 4.69) is 32.9 Å². The Morgan fingerprint density at radius 2 is 2.04 bits per heavy atom. The first-order chi connectivity index (χ1) is 11.4. The van der Waals surface area contributed by atoms with Crippen molar-refractivity contribution < 1.29 is 9.53 Å². The molecule has 0 saturated heterocycles. The van der Waals surface area contributed by atoms with Crippen LogP contribution in [0.15, 0.2) is 41.9 Å². The molecular weight excluding hydrogens is 320 g/mol.